The second kappa shape index (κ2) is 13.0. The van der Waals surface area contributed by atoms with E-state index in [1.54, 1.807) is 0 Å². The molecule has 2 aromatic heterocycles. The molecule has 0 radical (unpaired) electrons. The number of fused-ring (bicyclic) bond motifs is 10. The Morgan fingerprint density at radius 3 is 1.73 bits per heavy atom. The van der Waals surface area contributed by atoms with E-state index < -0.39 is 0 Å². The lowest BCUT2D eigenvalue weighted by Crippen LogP contribution is -2.60. The van der Waals surface area contributed by atoms with Gasteiger partial charge in [0.1, 0.15) is 0 Å². The molecule has 292 valence electrons. The van der Waals surface area contributed by atoms with Crippen LogP contribution in [-0.2, 0) is 5.41 Å². The molecule has 0 fully saturated rings. The molecule has 4 heteroatoms. The maximum absolute atomic E-state index is 2.59. The normalized spacial score (nSPS) is 13.0. The van der Waals surface area contributed by atoms with Gasteiger partial charge in [-0.15, -0.1) is 0 Å². The Kier molecular flexibility index (Phi) is 7.37. The summed E-state index contributed by atoms with van der Waals surface area (Å²) in [4.78, 5) is 2.50. The quantitative estimate of drug-likeness (QED) is 0.162. The van der Waals surface area contributed by atoms with Gasteiger partial charge < -0.3 is 14.0 Å². The number of nitrogens with zero attached hydrogens (tertiary/aromatic N) is 3. The summed E-state index contributed by atoms with van der Waals surface area (Å²) in [5.74, 6) is 0. The van der Waals surface area contributed by atoms with Crippen molar-refractivity contribution in [1.29, 1.82) is 0 Å². The Morgan fingerprint density at radius 2 is 0.968 bits per heavy atom. The highest BCUT2D eigenvalue weighted by molar-refractivity contribution is 7.00. The van der Waals surface area contributed by atoms with Crippen LogP contribution < -0.4 is 21.3 Å². The molecule has 0 spiro atoms. The van der Waals surface area contributed by atoms with Crippen LogP contribution in [-0.4, -0.2) is 15.8 Å². The number of hydrogen-bond acceptors (Lipinski definition) is 1. The van der Waals surface area contributed by atoms with E-state index in [1.807, 2.05) is 0 Å². The third kappa shape index (κ3) is 5.01. The van der Waals surface area contributed by atoms with E-state index in [0.29, 0.717) is 0 Å². The van der Waals surface area contributed by atoms with Crippen molar-refractivity contribution < 1.29 is 0 Å². The van der Waals surface area contributed by atoms with Crippen molar-refractivity contribution in [3.63, 3.8) is 0 Å². The van der Waals surface area contributed by atoms with Crippen molar-refractivity contribution in [2.24, 2.45) is 0 Å². The molecule has 0 saturated carbocycles. The molecule has 9 aromatic carbocycles. The Hall–Kier alpha value is -7.56. The summed E-state index contributed by atoms with van der Waals surface area (Å²) in [6.45, 7) is 6.89. The third-order valence-corrected chi connectivity index (χ3v) is 13.7. The fraction of sp³-hybridized carbons (Fsp3) is 0.0690. The van der Waals surface area contributed by atoms with Crippen molar-refractivity contribution in [2.45, 2.75) is 26.2 Å². The average molecular weight is 792 g/mol. The molecule has 11 aromatic rings. The van der Waals surface area contributed by atoms with Crippen LogP contribution in [0.3, 0.4) is 0 Å². The Balaban J connectivity index is 1.09. The van der Waals surface area contributed by atoms with Gasteiger partial charge in [0.05, 0.1) is 16.6 Å². The predicted octanol–water partition coefficient (Wildman–Crippen LogP) is 13.1. The smallest absolute Gasteiger partial charge is 0.252 e. The van der Waals surface area contributed by atoms with E-state index >= 15 is 0 Å². The van der Waals surface area contributed by atoms with E-state index in [2.05, 4.69) is 235 Å². The summed E-state index contributed by atoms with van der Waals surface area (Å²) >= 11 is 0. The highest BCUT2D eigenvalue weighted by Crippen LogP contribution is 2.44. The van der Waals surface area contributed by atoms with Gasteiger partial charge in [-0.2, -0.15) is 0 Å². The molecule has 62 heavy (non-hydrogen) atoms. The highest BCUT2D eigenvalue weighted by Gasteiger charge is 2.42. The zero-order chi connectivity index (χ0) is 41.3. The van der Waals surface area contributed by atoms with Gasteiger partial charge in [-0.3, -0.25) is 0 Å². The minimum atomic E-state index is 0.0469. The molecule has 13 rings (SSSR count). The first-order valence-corrected chi connectivity index (χ1v) is 21.8. The maximum Gasteiger partial charge on any atom is 0.252 e. The fourth-order valence-corrected chi connectivity index (χ4v) is 10.8. The van der Waals surface area contributed by atoms with Crippen LogP contribution >= 0.6 is 0 Å². The first-order chi connectivity index (χ1) is 30.4. The molecule has 0 unspecified atom stereocenters. The van der Waals surface area contributed by atoms with E-state index in [9.17, 15) is 0 Å². The lowest BCUT2D eigenvalue weighted by Gasteiger charge is -2.40. The molecular formula is C58H42BN3. The maximum atomic E-state index is 2.59. The highest BCUT2D eigenvalue weighted by atomic mass is 15.2. The molecule has 0 saturated heterocycles. The minimum Gasteiger partial charge on any atom is -0.311 e. The predicted molar refractivity (Wildman–Crippen MR) is 264 cm³/mol. The summed E-state index contributed by atoms with van der Waals surface area (Å²) in [6.07, 6.45) is 0. The van der Waals surface area contributed by atoms with E-state index in [-0.39, 0.29) is 12.1 Å². The Labute approximate surface area is 361 Å². The van der Waals surface area contributed by atoms with Gasteiger partial charge in [0.25, 0.3) is 6.71 Å². The molecular weight excluding hydrogens is 749 g/mol. The molecule has 2 aliphatic rings. The molecule has 4 heterocycles. The second-order valence-corrected chi connectivity index (χ2v) is 18.1. The standard InChI is InChI=1S/C58H42BN3/c1-58(2,3)41-27-31-43(32-28-41)60-50-21-11-10-18-44(50)46-35-47-45-19-12-20-48-57(45)62(55(47)36-54(46)60)53-23-13-22-52-56(53)59(48)49-34-40(38-16-8-5-9-17-38)26-33-51(49)61(52)42-29-24-39(25-30-42)37-14-6-4-7-15-37/h4-36H,1-3H3. The van der Waals surface area contributed by atoms with E-state index in [1.165, 1.54) is 111 Å². The van der Waals surface area contributed by atoms with Gasteiger partial charge in [-0.1, -0.05) is 160 Å². The van der Waals surface area contributed by atoms with E-state index in [0.717, 1.165) is 5.69 Å². The monoisotopic (exact) mass is 791 g/mol. The van der Waals surface area contributed by atoms with Crippen LogP contribution in [0.1, 0.15) is 26.3 Å². The van der Waals surface area contributed by atoms with Crippen LogP contribution in [0.15, 0.2) is 200 Å². The summed E-state index contributed by atoms with van der Waals surface area (Å²) in [5.41, 5.74) is 21.3. The molecule has 3 nitrogen and oxygen atoms in total. The van der Waals surface area contributed by atoms with Crippen LogP contribution in [0.5, 0.6) is 0 Å². The number of hydrogen-bond donors (Lipinski definition) is 0. The van der Waals surface area contributed by atoms with Crippen molar-refractivity contribution >= 4 is 83.8 Å². The second-order valence-electron chi connectivity index (χ2n) is 18.1. The number of anilines is 3. The van der Waals surface area contributed by atoms with Crippen molar-refractivity contribution in [3.05, 3.63) is 206 Å². The summed E-state index contributed by atoms with van der Waals surface area (Å²) < 4.78 is 5.05. The van der Waals surface area contributed by atoms with Gasteiger partial charge >= 0.3 is 0 Å². The zero-order valence-electron chi connectivity index (χ0n) is 35.0. The molecule has 0 bridgehead atoms. The van der Waals surface area contributed by atoms with Gasteiger partial charge in [0.15, 0.2) is 0 Å². The van der Waals surface area contributed by atoms with Crippen LogP contribution in [0.2, 0.25) is 0 Å². The zero-order valence-corrected chi connectivity index (χ0v) is 35.0. The SMILES string of the molecule is CC(C)(C)c1ccc(-n2c3ccccc3c3cc4c5cccc6c5n(c4cc32)-c2cccc3c2B6c2cc(-c4ccccc4)ccc2N3c2ccc(-c3ccccc3)cc2)cc1. The third-order valence-electron chi connectivity index (χ3n) is 13.7. The van der Waals surface area contributed by atoms with Gasteiger partial charge in [0, 0.05) is 55.5 Å². The first kappa shape index (κ1) is 35.2. The number of para-hydroxylation sites is 2. The van der Waals surface area contributed by atoms with Gasteiger partial charge in [-0.05, 0) is 110 Å². The molecule has 0 aliphatic carbocycles. The van der Waals surface area contributed by atoms with Crippen molar-refractivity contribution in [2.75, 3.05) is 4.90 Å². The first-order valence-electron chi connectivity index (χ1n) is 21.8. The molecule has 0 atom stereocenters. The Bertz CT molecular complexity index is 3590. The minimum absolute atomic E-state index is 0.0469. The number of aromatic nitrogens is 2. The largest absolute Gasteiger partial charge is 0.311 e. The average Bonchev–Trinajstić information content (AvgIpc) is 3.82. The molecule has 0 amide bonds. The van der Waals surface area contributed by atoms with Crippen LogP contribution in [0.4, 0.5) is 17.1 Å². The Morgan fingerprint density at radius 1 is 0.371 bits per heavy atom. The van der Waals surface area contributed by atoms with Crippen molar-refractivity contribution in [1.82, 2.24) is 9.13 Å². The number of rotatable bonds is 4. The van der Waals surface area contributed by atoms with Crippen LogP contribution in [0.25, 0.3) is 77.2 Å². The summed E-state index contributed by atoms with van der Waals surface area (Å²) in [6, 6.07) is 74.7. The van der Waals surface area contributed by atoms with Gasteiger partial charge in [0.2, 0.25) is 0 Å². The summed E-state index contributed by atoms with van der Waals surface area (Å²) in [7, 11) is 0. The topological polar surface area (TPSA) is 13.1 Å². The van der Waals surface area contributed by atoms with Crippen LogP contribution in [0, 0.1) is 0 Å². The lowest BCUT2D eigenvalue weighted by atomic mass is 9.33. The van der Waals surface area contributed by atoms with Crippen molar-refractivity contribution in [3.8, 4) is 33.6 Å². The van der Waals surface area contributed by atoms with Gasteiger partial charge in [-0.25, -0.2) is 0 Å². The molecule has 2 aliphatic heterocycles. The van der Waals surface area contributed by atoms with E-state index in [4.69, 9.17) is 0 Å². The molecule has 0 N–H and O–H groups in total. The number of benzene rings is 9. The summed E-state index contributed by atoms with van der Waals surface area (Å²) in [5, 5.41) is 5.12. The lowest BCUT2D eigenvalue weighted by molar-refractivity contribution is 0.590. The fourth-order valence-electron chi connectivity index (χ4n) is 10.8.